The number of amides is 1. The molecule has 0 aromatic heterocycles. The molecule has 120 valence electrons. The molecule has 0 radical (unpaired) electrons. The number of carbonyl (C=O) groups excluding carboxylic acids is 2. The maximum absolute atomic E-state index is 12.1. The topological polar surface area (TPSA) is 80.8 Å². The van der Waals surface area contributed by atoms with Gasteiger partial charge in [-0.05, 0) is 40.5 Å². The van der Waals surface area contributed by atoms with Crippen molar-refractivity contribution in [1.29, 1.82) is 0 Å². The largest absolute Gasteiger partial charge is 0.465 e. The van der Waals surface area contributed by atoms with Crippen LogP contribution in [0.1, 0.15) is 22.3 Å². The Hall–Kier alpha value is -1.12. The van der Waals surface area contributed by atoms with Crippen molar-refractivity contribution < 1.29 is 22.7 Å². The van der Waals surface area contributed by atoms with Crippen molar-refractivity contribution in [3.8, 4) is 0 Å². The maximum Gasteiger partial charge on any atom is 0.338 e. The van der Waals surface area contributed by atoms with Gasteiger partial charge in [-0.15, -0.1) is 0 Å². The molecular weight excluding hydrogens is 398 g/mol. The van der Waals surface area contributed by atoms with Crippen molar-refractivity contribution in [1.82, 2.24) is 0 Å². The number of rotatable bonds is 3. The van der Waals surface area contributed by atoms with Gasteiger partial charge in [0.15, 0.2) is 0 Å². The second-order valence-electron chi connectivity index (χ2n) is 4.87. The Morgan fingerprint density at radius 3 is 2.59 bits per heavy atom. The number of ether oxygens (including phenoxy) is 1. The van der Waals surface area contributed by atoms with E-state index in [-0.39, 0.29) is 18.9 Å². The van der Waals surface area contributed by atoms with Gasteiger partial charge < -0.3 is 9.64 Å². The highest BCUT2D eigenvalue weighted by Gasteiger charge is 2.38. The predicted octanol–water partition coefficient (Wildman–Crippen LogP) is 2.22. The van der Waals surface area contributed by atoms with E-state index in [0.717, 1.165) is 0 Å². The van der Waals surface area contributed by atoms with Crippen molar-refractivity contribution in [2.24, 2.45) is 0 Å². The fraction of sp³-hybridized carbons (Fsp3) is 0.385. The molecule has 1 aromatic carbocycles. The number of benzene rings is 1. The molecule has 1 atom stereocenters. The summed E-state index contributed by atoms with van der Waals surface area (Å²) in [6, 6.07) is 3.11. The minimum atomic E-state index is -3.80. The molecule has 1 aliphatic rings. The first-order chi connectivity index (χ1) is 10.2. The molecule has 1 saturated heterocycles. The van der Waals surface area contributed by atoms with Gasteiger partial charge in [0.25, 0.3) is 0 Å². The molecule has 1 fully saturated rings. The molecule has 9 heteroatoms. The van der Waals surface area contributed by atoms with Crippen molar-refractivity contribution in [3.05, 3.63) is 27.7 Å². The van der Waals surface area contributed by atoms with Crippen LogP contribution in [-0.4, -0.2) is 39.2 Å². The SMILES string of the molecule is COC(=O)c1ccc(N2CC(S(=O)(=O)Cl)CC2=O)c(Br)c1C. The Kier molecular flexibility index (Phi) is 4.84. The molecule has 0 saturated carbocycles. The molecule has 1 heterocycles. The van der Waals surface area contributed by atoms with Crippen molar-refractivity contribution in [2.45, 2.75) is 18.6 Å². The molecule has 1 aliphatic heterocycles. The molecule has 6 nitrogen and oxygen atoms in total. The van der Waals surface area contributed by atoms with Gasteiger partial charge in [-0.2, -0.15) is 0 Å². The summed E-state index contributed by atoms with van der Waals surface area (Å²) in [4.78, 5) is 25.1. The lowest BCUT2D eigenvalue weighted by atomic mass is 10.1. The van der Waals surface area contributed by atoms with E-state index in [4.69, 9.17) is 10.7 Å². The number of anilines is 1. The summed E-state index contributed by atoms with van der Waals surface area (Å²) < 4.78 is 28.0. The van der Waals surface area contributed by atoms with E-state index < -0.39 is 20.3 Å². The normalized spacial score (nSPS) is 18.6. The van der Waals surface area contributed by atoms with Crippen LogP contribution in [0.4, 0.5) is 5.69 Å². The summed E-state index contributed by atoms with van der Waals surface area (Å²) in [5.74, 6) is -0.821. The van der Waals surface area contributed by atoms with Crippen LogP contribution in [0.25, 0.3) is 0 Å². The second-order valence-corrected chi connectivity index (χ2v) is 8.57. The zero-order valence-corrected chi connectivity index (χ0v) is 15.0. The molecule has 2 rings (SSSR count). The van der Waals surface area contributed by atoms with Crippen LogP contribution in [0.2, 0.25) is 0 Å². The Labute approximate surface area is 140 Å². The summed E-state index contributed by atoms with van der Waals surface area (Å²) in [5.41, 5.74) is 1.47. The zero-order chi connectivity index (χ0) is 16.7. The van der Waals surface area contributed by atoms with E-state index in [2.05, 4.69) is 20.7 Å². The minimum Gasteiger partial charge on any atom is -0.465 e. The summed E-state index contributed by atoms with van der Waals surface area (Å²) in [5, 5.41) is -0.936. The van der Waals surface area contributed by atoms with E-state index in [0.29, 0.717) is 21.3 Å². The van der Waals surface area contributed by atoms with Gasteiger partial charge in [0.2, 0.25) is 15.0 Å². The van der Waals surface area contributed by atoms with Crippen LogP contribution in [0.3, 0.4) is 0 Å². The Morgan fingerprint density at radius 2 is 2.09 bits per heavy atom. The average molecular weight is 411 g/mol. The quantitative estimate of drug-likeness (QED) is 0.564. The van der Waals surface area contributed by atoms with Crippen LogP contribution in [0, 0.1) is 6.92 Å². The van der Waals surface area contributed by atoms with Crippen LogP contribution in [0.15, 0.2) is 16.6 Å². The van der Waals surface area contributed by atoms with E-state index in [9.17, 15) is 18.0 Å². The second kappa shape index (κ2) is 6.17. The van der Waals surface area contributed by atoms with E-state index in [1.807, 2.05) is 0 Å². The first-order valence-electron chi connectivity index (χ1n) is 6.28. The molecule has 0 bridgehead atoms. The molecule has 0 spiro atoms. The van der Waals surface area contributed by atoms with Gasteiger partial charge in [-0.25, -0.2) is 13.2 Å². The van der Waals surface area contributed by atoms with Crippen molar-refractivity contribution >= 4 is 53.2 Å². The highest BCUT2D eigenvalue weighted by Crippen LogP contribution is 2.35. The smallest absolute Gasteiger partial charge is 0.338 e. The molecule has 1 unspecified atom stereocenters. The molecular formula is C13H13BrClNO5S. The average Bonchev–Trinajstić information content (AvgIpc) is 2.83. The summed E-state index contributed by atoms with van der Waals surface area (Å²) in [7, 11) is 2.81. The first-order valence-corrected chi connectivity index (χ1v) is 9.44. The number of methoxy groups -OCH3 is 1. The molecule has 0 aliphatic carbocycles. The highest BCUT2D eigenvalue weighted by atomic mass is 79.9. The highest BCUT2D eigenvalue weighted by molar-refractivity contribution is 9.10. The standard InChI is InChI=1S/C13H13BrClNO5S/c1-7-9(13(18)21-2)3-4-10(12(7)14)16-6-8(5-11(16)17)22(15,19)20/h3-4,8H,5-6H2,1-2H3. The van der Waals surface area contributed by atoms with E-state index in [1.54, 1.807) is 13.0 Å². The Morgan fingerprint density at radius 1 is 1.45 bits per heavy atom. The summed E-state index contributed by atoms with van der Waals surface area (Å²) in [6.07, 6.45) is -0.157. The fourth-order valence-electron chi connectivity index (χ4n) is 2.31. The minimum absolute atomic E-state index is 0.0136. The van der Waals surface area contributed by atoms with Crippen LogP contribution >= 0.6 is 26.6 Å². The van der Waals surface area contributed by atoms with Gasteiger partial charge in [-0.1, -0.05) is 0 Å². The lowest BCUT2D eigenvalue weighted by molar-refractivity contribution is -0.117. The van der Waals surface area contributed by atoms with Crippen molar-refractivity contribution in [3.63, 3.8) is 0 Å². The number of nitrogens with zero attached hydrogens (tertiary/aromatic N) is 1. The van der Waals surface area contributed by atoms with Crippen molar-refractivity contribution in [2.75, 3.05) is 18.6 Å². The Bertz CT molecular complexity index is 749. The zero-order valence-electron chi connectivity index (χ0n) is 11.8. The molecule has 1 aromatic rings. The number of hydrogen-bond acceptors (Lipinski definition) is 5. The van der Waals surface area contributed by atoms with Crippen LogP contribution in [0.5, 0.6) is 0 Å². The maximum atomic E-state index is 12.1. The number of halogens is 2. The van der Waals surface area contributed by atoms with Gasteiger partial charge >= 0.3 is 5.97 Å². The third kappa shape index (κ3) is 3.13. The van der Waals surface area contributed by atoms with Gasteiger partial charge in [0.05, 0.1) is 18.4 Å². The van der Waals surface area contributed by atoms with Gasteiger partial charge in [0, 0.05) is 28.1 Å². The number of carbonyl (C=O) groups is 2. The van der Waals surface area contributed by atoms with E-state index in [1.165, 1.54) is 18.1 Å². The predicted molar refractivity (Wildman–Crippen MR) is 85.7 cm³/mol. The fourth-order valence-corrected chi connectivity index (χ4v) is 3.89. The summed E-state index contributed by atoms with van der Waals surface area (Å²) in [6.45, 7) is 1.69. The third-order valence-electron chi connectivity index (χ3n) is 3.55. The van der Waals surface area contributed by atoms with Crippen LogP contribution < -0.4 is 4.90 Å². The van der Waals surface area contributed by atoms with Crippen LogP contribution in [-0.2, 0) is 18.6 Å². The lowest BCUT2D eigenvalue weighted by Gasteiger charge is -2.20. The van der Waals surface area contributed by atoms with Gasteiger partial charge in [0.1, 0.15) is 5.25 Å². The molecule has 1 amide bonds. The third-order valence-corrected chi connectivity index (χ3v) is 6.42. The number of esters is 1. The lowest BCUT2D eigenvalue weighted by Crippen LogP contribution is -2.27. The first kappa shape index (κ1) is 17.2. The monoisotopic (exact) mass is 409 g/mol. The number of hydrogen-bond donors (Lipinski definition) is 0. The molecule has 0 N–H and O–H groups in total. The Balaban J connectivity index is 2.41. The summed E-state index contributed by atoms with van der Waals surface area (Å²) >= 11 is 3.35. The molecule has 22 heavy (non-hydrogen) atoms. The van der Waals surface area contributed by atoms with Gasteiger partial charge in [-0.3, -0.25) is 4.79 Å². The van der Waals surface area contributed by atoms with E-state index >= 15 is 0 Å².